The standard InChI is InChI=1S/C10H9NO3S/c1-6-3-4-7-5-8(14-10(12)13-2)15-9(7)11-6/h3-5H,1-2H3. The van der Waals surface area contributed by atoms with Crippen LogP contribution in [0.2, 0.25) is 0 Å². The average molecular weight is 223 g/mol. The lowest BCUT2D eigenvalue weighted by Gasteiger charge is -1.96. The van der Waals surface area contributed by atoms with Crippen molar-refractivity contribution in [2.75, 3.05) is 7.11 Å². The largest absolute Gasteiger partial charge is 0.514 e. The van der Waals surface area contributed by atoms with E-state index in [-0.39, 0.29) is 0 Å². The Bertz CT molecular complexity index is 506. The monoisotopic (exact) mass is 223 g/mol. The van der Waals surface area contributed by atoms with Crippen LogP contribution in [-0.2, 0) is 4.74 Å². The van der Waals surface area contributed by atoms with E-state index in [9.17, 15) is 4.79 Å². The molecule has 15 heavy (non-hydrogen) atoms. The normalized spacial score (nSPS) is 10.3. The van der Waals surface area contributed by atoms with E-state index in [1.807, 2.05) is 19.1 Å². The summed E-state index contributed by atoms with van der Waals surface area (Å²) in [6.45, 7) is 1.92. The Morgan fingerprint density at radius 1 is 1.47 bits per heavy atom. The number of thiophene rings is 1. The van der Waals surface area contributed by atoms with Crippen molar-refractivity contribution in [1.29, 1.82) is 0 Å². The van der Waals surface area contributed by atoms with Gasteiger partial charge in [-0.15, -0.1) is 0 Å². The maximum absolute atomic E-state index is 10.9. The Morgan fingerprint density at radius 2 is 2.27 bits per heavy atom. The van der Waals surface area contributed by atoms with Crippen LogP contribution in [-0.4, -0.2) is 18.2 Å². The summed E-state index contributed by atoms with van der Waals surface area (Å²) >= 11 is 1.32. The van der Waals surface area contributed by atoms with Crippen LogP contribution in [0.3, 0.4) is 0 Å². The van der Waals surface area contributed by atoms with Crippen molar-refractivity contribution >= 4 is 27.7 Å². The van der Waals surface area contributed by atoms with Gasteiger partial charge in [0.15, 0.2) is 5.06 Å². The quantitative estimate of drug-likeness (QED) is 0.697. The second-order valence-electron chi connectivity index (χ2n) is 2.97. The number of hydrogen-bond donors (Lipinski definition) is 0. The first-order valence-corrected chi connectivity index (χ1v) is 5.13. The molecule has 78 valence electrons. The van der Waals surface area contributed by atoms with E-state index in [4.69, 9.17) is 4.74 Å². The van der Waals surface area contributed by atoms with Gasteiger partial charge in [0.25, 0.3) is 0 Å². The Morgan fingerprint density at radius 3 is 3.00 bits per heavy atom. The van der Waals surface area contributed by atoms with Gasteiger partial charge in [-0.3, -0.25) is 0 Å². The fourth-order valence-corrected chi connectivity index (χ4v) is 2.08. The molecule has 0 aromatic carbocycles. The number of ether oxygens (including phenoxy) is 2. The number of carbonyl (C=O) groups excluding carboxylic acids is 1. The number of hydrogen-bond acceptors (Lipinski definition) is 5. The van der Waals surface area contributed by atoms with Crippen LogP contribution in [0.4, 0.5) is 4.79 Å². The number of nitrogens with zero attached hydrogens (tertiary/aromatic N) is 1. The maximum atomic E-state index is 10.9. The lowest BCUT2D eigenvalue weighted by Crippen LogP contribution is -2.05. The highest BCUT2D eigenvalue weighted by Gasteiger charge is 2.08. The van der Waals surface area contributed by atoms with Crippen LogP contribution in [0.15, 0.2) is 18.2 Å². The highest BCUT2D eigenvalue weighted by Crippen LogP contribution is 2.30. The van der Waals surface area contributed by atoms with Gasteiger partial charge in [0.2, 0.25) is 0 Å². The fourth-order valence-electron chi connectivity index (χ4n) is 1.16. The van der Waals surface area contributed by atoms with Crippen molar-refractivity contribution in [3.05, 3.63) is 23.9 Å². The average Bonchev–Trinajstić information content (AvgIpc) is 2.59. The molecule has 2 rings (SSSR count). The summed E-state index contributed by atoms with van der Waals surface area (Å²) in [5.41, 5.74) is 0.939. The van der Waals surface area contributed by atoms with Crippen LogP contribution in [0.5, 0.6) is 5.06 Å². The van der Waals surface area contributed by atoms with Crippen molar-refractivity contribution in [1.82, 2.24) is 4.98 Å². The lowest BCUT2D eigenvalue weighted by atomic mass is 10.3. The number of pyridine rings is 1. The molecule has 2 heterocycles. The van der Waals surface area contributed by atoms with Crippen LogP contribution in [0, 0.1) is 6.92 Å². The molecular weight excluding hydrogens is 214 g/mol. The van der Waals surface area contributed by atoms with Gasteiger partial charge in [-0.05, 0) is 19.1 Å². The van der Waals surface area contributed by atoms with Crippen LogP contribution >= 0.6 is 11.3 Å². The summed E-state index contributed by atoms with van der Waals surface area (Å²) in [5, 5.41) is 1.46. The number of rotatable bonds is 1. The van der Waals surface area contributed by atoms with Crippen molar-refractivity contribution < 1.29 is 14.3 Å². The third kappa shape index (κ3) is 2.07. The minimum absolute atomic E-state index is 0.495. The summed E-state index contributed by atoms with van der Waals surface area (Å²) in [5.74, 6) is 0. The Hall–Kier alpha value is -1.62. The molecule has 0 aliphatic heterocycles. The molecule has 0 bridgehead atoms. The number of carbonyl (C=O) groups is 1. The summed E-state index contributed by atoms with van der Waals surface area (Å²) in [4.78, 5) is 16.0. The molecule has 2 aromatic rings. The van der Waals surface area contributed by atoms with Crippen molar-refractivity contribution in [3.8, 4) is 5.06 Å². The molecule has 0 saturated carbocycles. The van der Waals surface area contributed by atoms with Crippen LogP contribution < -0.4 is 4.74 Å². The molecule has 5 heteroatoms. The van der Waals surface area contributed by atoms with E-state index in [0.717, 1.165) is 15.9 Å². The molecule has 0 saturated heterocycles. The molecule has 0 aliphatic carbocycles. The summed E-state index contributed by atoms with van der Waals surface area (Å²) in [6.07, 6.45) is -0.710. The third-order valence-corrected chi connectivity index (χ3v) is 2.77. The number of aromatic nitrogens is 1. The van der Waals surface area contributed by atoms with Gasteiger partial charge in [0.1, 0.15) is 4.83 Å². The molecule has 0 aliphatic rings. The van der Waals surface area contributed by atoms with Gasteiger partial charge < -0.3 is 9.47 Å². The summed E-state index contributed by atoms with van der Waals surface area (Å²) < 4.78 is 9.30. The van der Waals surface area contributed by atoms with E-state index in [2.05, 4.69) is 9.72 Å². The highest BCUT2D eigenvalue weighted by atomic mass is 32.1. The van der Waals surface area contributed by atoms with Crippen LogP contribution in [0.1, 0.15) is 5.69 Å². The Balaban J connectivity index is 2.34. The zero-order valence-electron chi connectivity index (χ0n) is 8.31. The minimum atomic E-state index is -0.710. The van der Waals surface area contributed by atoms with Crippen LogP contribution in [0.25, 0.3) is 10.2 Å². The predicted octanol–water partition coefficient (Wildman–Crippen LogP) is 2.75. The van der Waals surface area contributed by atoms with E-state index in [1.54, 1.807) is 6.07 Å². The summed E-state index contributed by atoms with van der Waals surface area (Å²) in [7, 11) is 1.28. The Kier molecular flexibility index (Phi) is 2.55. The minimum Gasteiger partial charge on any atom is -0.437 e. The van der Waals surface area contributed by atoms with Gasteiger partial charge in [-0.25, -0.2) is 9.78 Å². The molecule has 0 fully saturated rings. The molecular formula is C10H9NO3S. The summed E-state index contributed by atoms with van der Waals surface area (Å²) in [6, 6.07) is 5.62. The van der Waals surface area contributed by atoms with Gasteiger partial charge in [-0.2, -0.15) is 0 Å². The van der Waals surface area contributed by atoms with Crippen molar-refractivity contribution in [3.63, 3.8) is 0 Å². The number of fused-ring (bicyclic) bond motifs is 1. The van der Waals surface area contributed by atoms with E-state index in [0.29, 0.717) is 5.06 Å². The topological polar surface area (TPSA) is 48.4 Å². The van der Waals surface area contributed by atoms with E-state index < -0.39 is 6.16 Å². The van der Waals surface area contributed by atoms with Crippen molar-refractivity contribution in [2.24, 2.45) is 0 Å². The molecule has 2 aromatic heterocycles. The second kappa shape index (κ2) is 3.86. The van der Waals surface area contributed by atoms with Gasteiger partial charge in [0, 0.05) is 17.1 Å². The third-order valence-electron chi connectivity index (χ3n) is 1.85. The van der Waals surface area contributed by atoms with Gasteiger partial charge >= 0.3 is 6.16 Å². The number of methoxy groups -OCH3 is 1. The first-order valence-electron chi connectivity index (χ1n) is 4.32. The lowest BCUT2D eigenvalue weighted by molar-refractivity contribution is 0.123. The van der Waals surface area contributed by atoms with Crippen molar-refractivity contribution in [2.45, 2.75) is 6.92 Å². The molecule has 0 amide bonds. The SMILES string of the molecule is COC(=O)Oc1cc2ccc(C)nc2s1. The highest BCUT2D eigenvalue weighted by molar-refractivity contribution is 7.20. The number of aryl methyl sites for hydroxylation is 1. The fraction of sp³-hybridized carbons (Fsp3) is 0.200. The van der Waals surface area contributed by atoms with Gasteiger partial charge in [-0.1, -0.05) is 11.3 Å². The first-order chi connectivity index (χ1) is 7.19. The molecule has 0 radical (unpaired) electrons. The first kappa shape index (κ1) is 9.92. The molecule has 0 unspecified atom stereocenters. The zero-order chi connectivity index (χ0) is 10.8. The second-order valence-corrected chi connectivity index (χ2v) is 3.96. The molecule has 4 nitrogen and oxygen atoms in total. The van der Waals surface area contributed by atoms with Gasteiger partial charge in [0.05, 0.1) is 7.11 Å². The molecule has 0 spiro atoms. The Labute approximate surface area is 90.5 Å². The van der Waals surface area contributed by atoms with E-state index >= 15 is 0 Å². The molecule has 0 atom stereocenters. The van der Waals surface area contributed by atoms with E-state index in [1.165, 1.54) is 18.4 Å². The molecule has 0 N–H and O–H groups in total. The smallest absolute Gasteiger partial charge is 0.437 e. The zero-order valence-corrected chi connectivity index (χ0v) is 9.13. The predicted molar refractivity (Wildman–Crippen MR) is 57.4 cm³/mol. The maximum Gasteiger partial charge on any atom is 0.514 e.